The topological polar surface area (TPSA) is 61.8 Å². The quantitative estimate of drug-likeness (QED) is 0.433. The van der Waals surface area contributed by atoms with Crippen molar-refractivity contribution >= 4 is 11.9 Å². The van der Waals surface area contributed by atoms with Crippen molar-refractivity contribution in [2.45, 2.75) is 118 Å². The molecule has 5 nitrogen and oxygen atoms in total. The van der Waals surface area contributed by atoms with Crippen molar-refractivity contribution in [1.29, 1.82) is 0 Å². The van der Waals surface area contributed by atoms with Gasteiger partial charge in [-0.05, 0) is 97.2 Å². The maximum Gasteiger partial charge on any atom is 0.302 e. The standard InChI is InChI=1S/C30H48O5/c1-19(31)33-17-16-27(5)22-9-8-21-24-25-26(3,4)12-14-30(24,18-34-25)15-13-28(21,6)29(22,7)11-10-23(27)35-20(2)32/h21-25H,8-18H2,1-7H3/t21-,22-,23-,24-,25-,27-,28-,29-,30-/m1/s1. The van der Waals surface area contributed by atoms with Gasteiger partial charge in [0.05, 0.1) is 19.3 Å². The minimum absolute atomic E-state index is 0.114. The number of fused-ring (bicyclic) bond motifs is 3. The summed E-state index contributed by atoms with van der Waals surface area (Å²) in [4.78, 5) is 23.7. The first kappa shape index (κ1) is 25.5. The number of esters is 2. The summed E-state index contributed by atoms with van der Waals surface area (Å²) in [6.07, 6.45) is 10.6. The Hall–Kier alpha value is -1.10. The second kappa shape index (κ2) is 8.20. The number of rotatable bonds is 4. The van der Waals surface area contributed by atoms with Crippen molar-refractivity contribution in [1.82, 2.24) is 0 Å². The van der Waals surface area contributed by atoms with E-state index in [4.69, 9.17) is 14.2 Å². The van der Waals surface area contributed by atoms with Gasteiger partial charge >= 0.3 is 11.9 Å². The first-order valence-electron chi connectivity index (χ1n) is 14.2. The van der Waals surface area contributed by atoms with E-state index in [1.165, 1.54) is 46.0 Å². The summed E-state index contributed by atoms with van der Waals surface area (Å²) in [5.41, 5.74) is 0.861. The Morgan fingerprint density at radius 2 is 1.57 bits per heavy atom. The van der Waals surface area contributed by atoms with Crippen LogP contribution < -0.4 is 0 Å². The van der Waals surface area contributed by atoms with Gasteiger partial charge in [0, 0.05) is 19.3 Å². The van der Waals surface area contributed by atoms with Crippen LogP contribution in [-0.4, -0.2) is 37.4 Å². The molecular weight excluding hydrogens is 440 g/mol. The molecule has 5 rings (SSSR count). The number of hydrogen-bond donors (Lipinski definition) is 0. The average molecular weight is 489 g/mol. The summed E-state index contributed by atoms with van der Waals surface area (Å²) in [5, 5.41) is 0. The fourth-order valence-electron chi connectivity index (χ4n) is 10.4. The summed E-state index contributed by atoms with van der Waals surface area (Å²) in [6, 6.07) is 0. The summed E-state index contributed by atoms with van der Waals surface area (Å²) < 4.78 is 18.1. The van der Waals surface area contributed by atoms with Gasteiger partial charge in [0.2, 0.25) is 0 Å². The van der Waals surface area contributed by atoms with Crippen LogP contribution in [0.1, 0.15) is 106 Å². The second-order valence-corrected chi connectivity index (χ2v) is 14.4. The average Bonchev–Trinajstić information content (AvgIpc) is 3.10. The highest BCUT2D eigenvalue weighted by Gasteiger charge is 2.71. The summed E-state index contributed by atoms with van der Waals surface area (Å²) in [6.45, 7) is 16.7. The summed E-state index contributed by atoms with van der Waals surface area (Å²) >= 11 is 0. The Balaban J connectivity index is 1.50. The van der Waals surface area contributed by atoms with Gasteiger partial charge in [-0.3, -0.25) is 9.59 Å². The smallest absolute Gasteiger partial charge is 0.302 e. The first-order chi connectivity index (χ1) is 16.3. The Morgan fingerprint density at radius 1 is 0.857 bits per heavy atom. The van der Waals surface area contributed by atoms with Gasteiger partial charge in [-0.1, -0.05) is 34.6 Å². The molecule has 5 heteroatoms. The lowest BCUT2D eigenvalue weighted by molar-refractivity contribution is -0.241. The fraction of sp³-hybridized carbons (Fsp3) is 0.933. The van der Waals surface area contributed by atoms with Gasteiger partial charge in [0.1, 0.15) is 6.10 Å². The largest absolute Gasteiger partial charge is 0.466 e. The van der Waals surface area contributed by atoms with Crippen LogP contribution in [0.2, 0.25) is 0 Å². The van der Waals surface area contributed by atoms with Crippen molar-refractivity contribution in [3.8, 4) is 0 Å². The lowest BCUT2D eigenvalue weighted by Crippen LogP contribution is -2.66. The molecule has 0 radical (unpaired) electrons. The van der Waals surface area contributed by atoms with E-state index in [-0.39, 0.29) is 39.7 Å². The van der Waals surface area contributed by atoms with Gasteiger partial charge in [0.15, 0.2) is 0 Å². The molecule has 5 aliphatic rings. The van der Waals surface area contributed by atoms with Crippen LogP contribution in [0.5, 0.6) is 0 Å². The van der Waals surface area contributed by atoms with Crippen LogP contribution in [0.4, 0.5) is 0 Å². The van der Waals surface area contributed by atoms with E-state index in [0.717, 1.165) is 32.3 Å². The predicted octanol–water partition coefficient (Wildman–Crippen LogP) is 6.33. The van der Waals surface area contributed by atoms with Crippen molar-refractivity contribution in [2.24, 2.45) is 44.8 Å². The molecule has 1 saturated heterocycles. The van der Waals surface area contributed by atoms with Crippen molar-refractivity contribution in [3.05, 3.63) is 0 Å². The van der Waals surface area contributed by atoms with Crippen LogP contribution in [0, 0.1) is 44.8 Å². The van der Waals surface area contributed by atoms with Crippen LogP contribution in [0.25, 0.3) is 0 Å². The molecular formula is C30H48O5. The van der Waals surface area contributed by atoms with E-state index in [2.05, 4.69) is 34.6 Å². The lowest BCUT2D eigenvalue weighted by Gasteiger charge is -2.71. The summed E-state index contributed by atoms with van der Waals surface area (Å²) in [7, 11) is 0. The lowest BCUT2D eigenvalue weighted by atomic mass is 9.34. The van der Waals surface area contributed by atoms with E-state index in [1.54, 1.807) is 0 Å². The number of carbonyl (C=O) groups excluding carboxylic acids is 2. The van der Waals surface area contributed by atoms with Crippen molar-refractivity contribution in [3.63, 3.8) is 0 Å². The third kappa shape index (κ3) is 3.56. The zero-order chi connectivity index (χ0) is 25.4. The van der Waals surface area contributed by atoms with E-state index in [0.29, 0.717) is 35.9 Å². The third-order valence-corrected chi connectivity index (χ3v) is 12.6. The molecule has 35 heavy (non-hydrogen) atoms. The SMILES string of the molecule is CC(=O)OCC[C@]1(C)[C@H]2CC[C@@H]3[C@@H]4[C@H]5OC[C@@]4(CCC5(C)C)CC[C@@]3(C)[C@]2(C)CC[C@H]1OC(C)=O. The van der Waals surface area contributed by atoms with E-state index in [1.807, 2.05) is 0 Å². The highest BCUT2D eigenvalue weighted by Crippen LogP contribution is 2.76. The van der Waals surface area contributed by atoms with Crippen LogP contribution in [-0.2, 0) is 23.8 Å². The van der Waals surface area contributed by atoms with E-state index < -0.39 is 0 Å². The Morgan fingerprint density at radius 3 is 2.26 bits per heavy atom. The van der Waals surface area contributed by atoms with Crippen LogP contribution >= 0.6 is 0 Å². The highest BCUT2D eigenvalue weighted by atomic mass is 16.5. The number of carbonyl (C=O) groups is 2. The van der Waals surface area contributed by atoms with Gasteiger partial charge in [-0.25, -0.2) is 0 Å². The maximum absolute atomic E-state index is 12.1. The highest BCUT2D eigenvalue weighted by molar-refractivity contribution is 5.66. The number of ether oxygens (including phenoxy) is 3. The van der Waals surface area contributed by atoms with E-state index >= 15 is 0 Å². The Bertz CT molecular complexity index is 882. The molecule has 2 bridgehead atoms. The van der Waals surface area contributed by atoms with Crippen LogP contribution in [0.3, 0.4) is 0 Å². The molecule has 5 fully saturated rings. The zero-order valence-electron chi connectivity index (χ0n) is 23.2. The molecule has 0 aromatic carbocycles. The molecule has 0 amide bonds. The molecule has 4 saturated carbocycles. The number of hydrogen-bond acceptors (Lipinski definition) is 5. The monoisotopic (exact) mass is 488 g/mol. The molecule has 1 aliphatic heterocycles. The normalized spacial score (nSPS) is 49.9. The minimum atomic E-state index is -0.236. The summed E-state index contributed by atoms with van der Waals surface area (Å²) in [5.74, 6) is 1.36. The predicted molar refractivity (Wildman–Crippen MR) is 134 cm³/mol. The molecule has 0 aromatic heterocycles. The Kier molecular flexibility index (Phi) is 5.98. The molecule has 198 valence electrons. The molecule has 4 aliphatic carbocycles. The van der Waals surface area contributed by atoms with E-state index in [9.17, 15) is 9.59 Å². The van der Waals surface area contributed by atoms with Crippen LogP contribution in [0.15, 0.2) is 0 Å². The fourth-order valence-corrected chi connectivity index (χ4v) is 10.4. The van der Waals surface area contributed by atoms with Crippen molar-refractivity contribution < 1.29 is 23.8 Å². The molecule has 0 unspecified atom stereocenters. The molecule has 0 aromatic rings. The Labute approximate surface area is 212 Å². The molecule has 0 spiro atoms. The maximum atomic E-state index is 12.1. The van der Waals surface area contributed by atoms with Gasteiger partial charge in [-0.2, -0.15) is 0 Å². The van der Waals surface area contributed by atoms with Gasteiger partial charge < -0.3 is 14.2 Å². The third-order valence-electron chi connectivity index (χ3n) is 12.6. The van der Waals surface area contributed by atoms with Crippen molar-refractivity contribution in [2.75, 3.05) is 13.2 Å². The van der Waals surface area contributed by atoms with Gasteiger partial charge in [-0.15, -0.1) is 0 Å². The molecule has 0 N–H and O–H groups in total. The second-order valence-electron chi connectivity index (χ2n) is 14.4. The molecule has 9 atom stereocenters. The van der Waals surface area contributed by atoms with Gasteiger partial charge in [0.25, 0.3) is 0 Å². The molecule has 1 heterocycles. The zero-order valence-corrected chi connectivity index (χ0v) is 23.2. The first-order valence-corrected chi connectivity index (χ1v) is 14.2. The minimum Gasteiger partial charge on any atom is -0.466 e.